The maximum Gasteiger partial charge on any atom is 0.320 e. The summed E-state index contributed by atoms with van der Waals surface area (Å²) < 4.78 is 22.0. The Bertz CT molecular complexity index is 320. The van der Waals surface area contributed by atoms with Crippen molar-refractivity contribution in [3.63, 3.8) is 0 Å². The highest BCUT2D eigenvalue weighted by molar-refractivity contribution is 9.10. The van der Waals surface area contributed by atoms with Crippen LogP contribution in [0, 0.1) is 0 Å². The number of carboxylic acids is 1. The maximum absolute atomic E-state index is 11.0. The van der Waals surface area contributed by atoms with Crippen LogP contribution < -0.4 is 0 Å². The van der Waals surface area contributed by atoms with Gasteiger partial charge in [-0.1, -0.05) is 15.9 Å². The predicted octanol–water partition coefficient (Wildman–Crippen LogP) is 0.726. The van der Waals surface area contributed by atoms with Gasteiger partial charge in [0.15, 0.2) is 12.1 Å². The molecule has 0 amide bonds. The zero-order chi connectivity index (χ0) is 12.8. The van der Waals surface area contributed by atoms with Gasteiger partial charge < -0.3 is 24.1 Å². The second-order valence-electron chi connectivity index (χ2n) is 4.51. The Balaban J connectivity index is 2.18. The number of fused-ring (bicyclic) bond motifs is 1. The van der Waals surface area contributed by atoms with Crippen LogP contribution in [0.5, 0.6) is 0 Å². The van der Waals surface area contributed by atoms with E-state index >= 15 is 0 Å². The number of methoxy groups -OCH3 is 1. The van der Waals surface area contributed by atoms with Crippen molar-refractivity contribution < 1.29 is 28.8 Å². The van der Waals surface area contributed by atoms with Crippen LogP contribution in [0.4, 0.5) is 0 Å². The van der Waals surface area contributed by atoms with Gasteiger partial charge in [0, 0.05) is 7.11 Å². The van der Waals surface area contributed by atoms with E-state index in [0.29, 0.717) is 0 Å². The molecule has 0 spiro atoms. The summed E-state index contributed by atoms with van der Waals surface area (Å²) in [5.41, 5.74) is 0. The largest absolute Gasteiger partial charge is 0.480 e. The molecule has 17 heavy (non-hydrogen) atoms. The van der Waals surface area contributed by atoms with Crippen LogP contribution in [0.25, 0.3) is 0 Å². The molecule has 2 fully saturated rings. The lowest BCUT2D eigenvalue weighted by molar-refractivity contribution is -0.227. The van der Waals surface area contributed by atoms with Crippen molar-refractivity contribution in [3.8, 4) is 0 Å². The van der Waals surface area contributed by atoms with Crippen molar-refractivity contribution in [1.29, 1.82) is 0 Å². The first kappa shape index (κ1) is 13.2. The lowest BCUT2D eigenvalue weighted by Gasteiger charge is -2.24. The second kappa shape index (κ2) is 4.47. The topological polar surface area (TPSA) is 74.2 Å². The average molecular weight is 311 g/mol. The molecule has 0 saturated carbocycles. The van der Waals surface area contributed by atoms with Crippen molar-refractivity contribution in [2.75, 3.05) is 7.11 Å². The van der Waals surface area contributed by atoms with Crippen LogP contribution in [0.3, 0.4) is 0 Å². The molecule has 0 bridgehead atoms. The molecule has 7 heteroatoms. The molecule has 6 nitrogen and oxygen atoms in total. The number of carboxylic acid groups (broad SMARTS) is 1. The fraction of sp³-hybridized carbons (Fsp3) is 0.900. The van der Waals surface area contributed by atoms with Crippen LogP contribution in [-0.2, 0) is 23.7 Å². The van der Waals surface area contributed by atoms with E-state index < -0.39 is 41.2 Å². The van der Waals surface area contributed by atoms with Gasteiger partial charge in [0.2, 0.25) is 0 Å². The fourth-order valence-electron chi connectivity index (χ4n) is 2.16. The number of aliphatic carboxylic acids is 1. The van der Waals surface area contributed by atoms with Crippen LogP contribution in [0.1, 0.15) is 13.8 Å². The molecular weight excluding hydrogens is 296 g/mol. The Morgan fingerprint density at radius 2 is 2.00 bits per heavy atom. The van der Waals surface area contributed by atoms with Gasteiger partial charge in [0.25, 0.3) is 0 Å². The molecule has 0 unspecified atom stereocenters. The molecular formula is C10H15BrO6. The molecule has 0 aromatic carbocycles. The van der Waals surface area contributed by atoms with Crippen molar-refractivity contribution in [3.05, 3.63) is 0 Å². The summed E-state index contributed by atoms with van der Waals surface area (Å²) in [6.45, 7) is 3.55. The number of alkyl halides is 1. The summed E-state index contributed by atoms with van der Waals surface area (Å²) in [4.78, 5) is 10.1. The summed E-state index contributed by atoms with van der Waals surface area (Å²) in [6.07, 6.45) is -2.09. The Morgan fingerprint density at radius 3 is 2.53 bits per heavy atom. The minimum atomic E-state index is -1.00. The van der Waals surface area contributed by atoms with Crippen LogP contribution in [0.15, 0.2) is 0 Å². The number of carbonyl (C=O) groups is 1. The van der Waals surface area contributed by atoms with Gasteiger partial charge in [0.1, 0.15) is 23.1 Å². The van der Waals surface area contributed by atoms with Crippen molar-refractivity contribution in [1.82, 2.24) is 0 Å². The smallest absolute Gasteiger partial charge is 0.320 e. The highest BCUT2D eigenvalue weighted by atomic mass is 79.9. The summed E-state index contributed by atoms with van der Waals surface area (Å²) in [5, 5.41) is 8.99. The average Bonchev–Trinajstić information content (AvgIpc) is 2.69. The molecule has 2 aliphatic heterocycles. The second-order valence-corrected chi connectivity index (χ2v) is 5.50. The van der Waals surface area contributed by atoms with Crippen LogP contribution in [0.2, 0.25) is 0 Å². The van der Waals surface area contributed by atoms with E-state index in [9.17, 15) is 4.79 Å². The van der Waals surface area contributed by atoms with Gasteiger partial charge in [-0.2, -0.15) is 0 Å². The third kappa shape index (κ3) is 2.34. The summed E-state index contributed by atoms with van der Waals surface area (Å²) in [6, 6.07) is 0. The summed E-state index contributed by atoms with van der Waals surface area (Å²) in [7, 11) is 1.49. The van der Waals surface area contributed by atoms with E-state index in [0.717, 1.165) is 0 Å². The molecule has 0 aliphatic carbocycles. The molecule has 2 saturated heterocycles. The third-order valence-electron chi connectivity index (χ3n) is 2.80. The number of halogens is 1. The van der Waals surface area contributed by atoms with E-state index in [2.05, 4.69) is 15.9 Å². The number of hydrogen-bond acceptors (Lipinski definition) is 5. The van der Waals surface area contributed by atoms with E-state index in [-0.39, 0.29) is 0 Å². The zero-order valence-corrected chi connectivity index (χ0v) is 11.3. The van der Waals surface area contributed by atoms with Crippen LogP contribution in [-0.4, -0.2) is 53.4 Å². The Kier molecular flexibility index (Phi) is 3.48. The third-order valence-corrected chi connectivity index (χ3v) is 3.72. The van der Waals surface area contributed by atoms with Gasteiger partial charge in [-0.05, 0) is 13.8 Å². The fourth-order valence-corrected chi connectivity index (χ4v) is 2.58. The summed E-state index contributed by atoms with van der Waals surface area (Å²) in [5.74, 6) is -1.75. The lowest BCUT2D eigenvalue weighted by atomic mass is 10.1. The predicted molar refractivity (Wildman–Crippen MR) is 59.8 cm³/mol. The summed E-state index contributed by atoms with van der Waals surface area (Å²) >= 11 is 3.08. The molecule has 2 rings (SSSR count). The normalized spacial score (nSPS) is 41.2. The maximum atomic E-state index is 11.0. The molecule has 2 heterocycles. The quantitative estimate of drug-likeness (QED) is 0.775. The number of rotatable bonds is 3. The van der Waals surface area contributed by atoms with E-state index in [1.54, 1.807) is 13.8 Å². The molecule has 2 aliphatic rings. The van der Waals surface area contributed by atoms with Crippen molar-refractivity contribution in [2.45, 2.75) is 49.1 Å². The van der Waals surface area contributed by atoms with Crippen LogP contribution >= 0.6 is 15.9 Å². The SMILES string of the molecule is CO[C@@H]1O[C@H]([C@@H](Br)C(=O)O)[C@H]2OC(C)(C)O[C@@H]12. The monoisotopic (exact) mass is 310 g/mol. The first-order valence-electron chi connectivity index (χ1n) is 5.26. The molecule has 0 radical (unpaired) electrons. The molecule has 0 aromatic heterocycles. The molecule has 5 atom stereocenters. The van der Waals surface area contributed by atoms with E-state index in [4.69, 9.17) is 24.1 Å². The van der Waals surface area contributed by atoms with Gasteiger partial charge in [-0.15, -0.1) is 0 Å². The van der Waals surface area contributed by atoms with Gasteiger partial charge >= 0.3 is 5.97 Å². The van der Waals surface area contributed by atoms with E-state index in [1.807, 2.05) is 0 Å². The first-order valence-corrected chi connectivity index (χ1v) is 6.18. The first-order chi connectivity index (χ1) is 7.85. The number of hydrogen-bond donors (Lipinski definition) is 1. The zero-order valence-electron chi connectivity index (χ0n) is 9.75. The van der Waals surface area contributed by atoms with Crippen molar-refractivity contribution in [2.24, 2.45) is 0 Å². The molecule has 98 valence electrons. The standard InChI is InChI=1S/C10H15BrO6/c1-10(2)16-6-5(4(11)8(12)13)15-9(14-3)7(6)17-10/h4-7,9H,1-3H3,(H,12,13)/t4-,5-,6-,7-,9-/m1/s1. The minimum Gasteiger partial charge on any atom is -0.480 e. The van der Waals surface area contributed by atoms with E-state index in [1.165, 1.54) is 7.11 Å². The molecule has 1 N–H and O–H groups in total. The van der Waals surface area contributed by atoms with Gasteiger partial charge in [0.05, 0.1) is 0 Å². The lowest BCUT2D eigenvalue weighted by Crippen LogP contribution is -2.39. The van der Waals surface area contributed by atoms with Gasteiger partial charge in [-0.3, -0.25) is 4.79 Å². The minimum absolute atomic E-state index is 0.403. The highest BCUT2D eigenvalue weighted by Crippen LogP contribution is 2.41. The molecule has 0 aromatic rings. The Labute approximate surface area is 107 Å². The Hall–Kier alpha value is -0.210. The number of ether oxygens (including phenoxy) is 4. The highest BCUT2D eigenvalue weighted by Gasteiger charge is 2.58. The van der Waals surface area contributed by atoms with Gasteiger partial charge in [-0.25, -0.2) is 0 Å². The Morgan fingerprint density at radius 1 is 1.41 bits per heavy atom. The van der Waals surface area contributed by atoms with Crippen molar-refractivity contribution >= 4 is 21.9 Å².